The fraction of sp³-hybridized carbons (Fsp3) is 0.214. The number of amides is 1. The lowest BCUT2D eigenvalue weighted by Crippen LogP contribution is -2.30. The average molecular weight is 478 g/mol. The van der Waals surface area contributed by atoms with E-state index in [1.807, 2.05) is 20.8 Å². The van der Waals surface area contributed by atoms with Crippen LogP contribution in [0.2, 0.25) is 0 Å². The first kappa shape index (κ1) is 24.1. The average Bonchev–Trinajstić information content (AvgIpc) is 3.08. The quantitative estimate of drug-likeness (QED) is 0.271. The monoisotopic (exact) mass is 477 g/mol. The highest BCUT2D eigenvalue weighted by Gasteiger charge is 2.47. The van der Waals surface area contributed by atoms with E-state index in [0.717, 1.165) is 22.6 Å². The number of ether oxygens (including phenoxy) is 1. The van der Waals surface area contributed by atoms with Crippen molar-refractivity contribution in [3.8, 4) is 5.75 Å². The predicted molar refractivity (Wildman–Crippen MR) is 129 cm³/mol. The highest BCUT2D eigenvalue weighted by molar-refractivity contribution is 6.51. The molecule has 1 unspecified atom stereocenters. The van der Waals surface area contributed by atoms with Gasteiger partial charge >= 0.3 is 0 Å². The lowest BCUT2D eigenvalue weighted by atomic mass is 9.94. The molecule has 7 heteroatoms. The number of carbonyl (C=O) groups excluding carboxylic acids is 2. The van der Waals surface area contributed by atoms with E-state index < -0.39 is 29.4 Å². The van der Waals surface area contributed by atoms with Crippen LogP contribution in [-0.4, -0.2) is 23.4 Å². The van der Waals surface area contributed by atoms with Crippen molar-refractivity contribution >= 4 is 23.1 Å². The summed E-state index contributed by atoms with van der Waals surface area (Å²) in [6.07, 6.45) is 0. The summed E-state index contributed by atoms with van der Waals surface area (Å²) < 4.78 is 34.1. The molecule has 1 N–H and O–H groups in total. The van der Waals surface area contributed by atoms with E-state index in [1.54, 1.807) is 48.5 Å². The number of Topliss-reactive ketones (excluding diaryl/α,β-unsaturated/α-hetero) is 1. The molecule has 4 rings (SSSR count). The molecule has 3 aromatic rings. The van der Waals surface area contributed by atoms with Gasteiger partial charge in [0.2, 0.25) is 0 Å². The number of aliphatic hydroxyl groups is 1. The Morgan fingerprint density at radius 1 is 1.03 bits per heavy atom. The summed E-state index contributed by atoms with van der Waals surface area (Å²) in [4.78, 5) is 27.2. The first-order valence-corrected chi connectivity index (χ1v) is 11.2. The Morgan fingerprint density at radius 3 is 2.37 bits per heavy atom. The van der Waals surface area contributed by atoms with E-state index in [9.17, 15) is 23.5 Å². The van der Waals surface area contributed by atoms with Gasteiger partial charge in [0.25, 0.3) is 11.7 Å². The molecule has 35 heavy (non-hydrogen) atoms. The van der Waals surface area contributed by atoms with E-state index in [2.05, 4.69) is 0 Å². The number of carbonyl (C=O) groups is 2. The molecule has 1 amide bonds. The highest BCUT2D eigenvalue weighted by atomic mass is 19.1. The van der Waals surface area contributed by atoms with E-state index in [0.29, 0.717) is 35.5 Å². The molecule has 1 saturated heterocycles. The van der Waals surface area contributed by atoms with Gasteiger partial charge in [-0.15, -0.1) is 0 Å². The number of nitrogens with zero attached hydrogens (tertiary/aromatic N) is 1. The Bertz CT molecular complexity index is 1320. The maximum absolute atomic E-state index is 14.7. The molecule has 0 spiro atoms. The minimum atomic E-state index is -1.10. The Labute approximate surface area is 202 Å². The van der Waals surface area contributed by atoms with E-state index in [1.165, 1.54) is 0 Å². The SMILES string of the molecule is Cc1cc(/C(O)=C2\C(=O)C(=O)N(c3ccc(F)cc3F)C2c2ccccc2)ccc1OCC(C)C. The third kappa shape index (κ3) is 4.67. The van der Waals surface area contributed by atoms with Crippen LogP contribution in [0.3, 0.4) is 0 Å². The van der Waals surface area contributed by atoms with E-state index >= 15 is 0 Å². The maximum atomic E-state index is 14.7. The Kier molecular flexibility index (Phi) is 6.69. The van der Waals surface area contributed by atoms with Gasteiger partial charge in [-0.05, 0) is 54.3 Å². The Hall–Kier alpha value is -4.00. The van der Waals surface area contributed by atoms with Crippen molar-refractivity contribution in [2.24, 2.45) is 5.92 Å². The number of ketones is 1. The first-order valence-electron chi connectivity index (χ1n) is 11.2. The van der Waals surface area contributed by atoms with Crippen LogP contribution in [0.15, 0.2) is 72.3 Å². The smallest absolute Gasteiger partial charge is 0.300 e. The van der Waals surface area contributed by atoms with Crippen molar-refractivity contribution < 1.29 is 28.2 Å². The number of hydrogen-bond donors (Lipinski definition) is 1. The summed E-state index contributed by atoms with van der Waals surface area (Å²) in [5.41, 5.74) is 1.11. The molecule has 1 atom stereocenters. The van der Waals surface area contributed by atoms with Crippen LogP contribution in [-0.2, 0) is 9.59 Å². The van der Waals surface area contributed by atoms with Crippen LogP contribution in [0.5, 0.6) is 5.75 Å². The van der Waals surface area contributed by atoms with Gasteiger partial charge in [0, 0.05) is 11.6 Å². The normalized spacial score (nSPS) is 17.3. The maximum Gasteiger partial charge on any atom is 0.300 e. The molecule has 1 heterocycles. The molecular formula is C28H25F2NO4. The summed E-state index contributed by atoms with van der Waals surface area (Å²) in [6.45, 7) is 6.40. The minimum absolute atomic E-state index is 0.180. The third-order valence-electron chi connectivity index (χ3n) is 5.75. The van der Waals surface area contributed by atoms with Crippen molar-refractivity contribution in [2.75, 3.05) is 11.5 Å². The molecule has 5 nitrogen and oxygen atoms in total. The number of anilines is 1. The molecule has 180 valence electrons. The number of aryl methyl sites for hydroxylation is 1. The molecule has 1 aliphatic rings. The van der Waals surface area contributed by atoms with Crippen molar-refractivity contribution in [2.45, 2.75) is 26.8 Å². The van der Waals surface area contributed by atoms with Crippen LogP contribution in [0.4, 0.5) is 14.5 Å². The van der Waals surface area contributed by atoms with Gasteiger partial charge in [-0.1, -0.05) is 44.2 Å². The van der Waals surface area contributed by atoms with E-state index in [4.69, 9.17) is 4.74 Å². The molecule has 3 aromatic carbocycles. The molecule has 0 aromatic heterocycles. The van der Waals surface area contributed by atoms with Gasteiger partial charge in [-0.2, -0.15) is 0 Å². The zero-order valence-corrected chi connectivity index (χ0v) is 19.6. The number of benzene rings is 3. The van der Waals surface area contributed by atoms with Gasteiger partial charge in [0.15, 0.2) is 0 Å². The lowest BCUT2D eigenvalue weighted by molar-refractivity contribution is -0.132. The standard InChI is InChI=1S/C28H25F2NO4/c1-16(2)15-35-23-12-9-19(13-17(23)3)26(32)24-25(18-7-5-4-6-8-18)31(28(34)27(24)33)22-11-10-20(29)14-21(22)30/h4-14,16,25,32H,15H2,1-3H3/b26-24+. The van der Waals surface area contributed by atoms with Crippen molar-refractivity contribution in [1.82, 2.24) is 0 Å². The van der Waals surface area contributed by atoms with E-state index in [-0.39, 0.29) is 17.0 Å². The van der Waals surface area contributed by atoms with Crippen molar-refractivity contribution in [1.29, 1.82) is 0 Å². The number of hydrogen-bond acceptors (Lipinski definition) is 4. The molecule has 0 aliphatic carbocycles. The van der Waals surface area contributed by atoms with Gasteiger partial charge in [0.1, 0.15) is 23.1 Å². The van der Waals surface area contributed by atoms with Crippen molar-refractivity contribution in [3.63, 3.8) is 0 Å². The molecule has 0 radical (unpaired) electrons. The number of halogens is 2. The largest absolute Gasteiger partial charge is 0.507 e. The van der Waals surface area contributed by atoms with Gasteiger partial charge in [0.05, 0.1) is 23.9 Å². The minimum Gasteiger partial charge on any atom is -0.507 e. The number of aliphatic hydroxyl groups excluding tert-OH is 1. The summed E-state index contributed by atoms with van der Waals surface area (Å²) in [6, 6.07) is 15.2. The molecule has 1 fully saturated rings. The third-order valence-corrected chi connectivity index (χ3v) is 5.75. The number of rotatable bonds is 6. The van der Waals surface area contributed by atoms with Gasteiger partial charge < -0.3 is 9.84 Å². The fourth-order valence-corrected chi connectivity index (χ4v) is 4.08. The molecule has 0 bridgehead atoms. The van der Waals surface area contributed by atoms with Crippen molar-refractivity contribution in [3.05, 3.63) is 101 Å². The van der Waals surface area contributed by atoms with Gasteiger partial charge in [-0.25, -0.2) is 8.78 Å². The topological polar surface area (TPSA) is 66.8 Å². The summed E-state index contributed by atoms with van der Waals surface area (Å²) in [5, 5.41) is 11.2. The van der Waals surface area contributed by atoms with Crippen LogP contribution in [0.25, 0.3) is 5.76 Å². The molecule has 0 saturated carbocycles. The fourth-order valence-electron chi connectivity index (χ4n) is 4.08. The molecular weight excluding hydrogens is 452 g/mol. The predicted octanol–water partition coefficient (Wildman–Crippen LogP) is 5.93. The summed E-state index contributed by atoms with van der Waals surface area (Å²) in [7, 11) is 0. The first-order chi connectivity index (χ1) is 16.7. The second kappa shape index (κ2) is 9.70. The van der Waals surface area contributed by atoms with Crippen LogP contribution >= 0.6 is 0 Å². The zero-order chi connectivity index (χ0) is 25.3. The Balaban J connectivity index is 1.85. The van der Waals surface area contributed by atoms with Crippen LogP contribution in [0, 0.1) is 24.5 Å². The zero-order valence-electron chi connectivity index (χ0n) is 19.6. The lowest BCUT2D eigenvalue weighted by Gasteiger charge is -2.25. The molecule has 1 aliphatic heterocycles. The summed E-state index contributed by atoms with van der Waals surface area (Å²) >= 11 is 0. The van der Waals surface area contributed by atoms with Crippen LogP contribution in [0.1, 0.15) is 36.6 Å². The second-order valence-corrected chi connectivity index (χ2v) is 8.86. The summed E-state index contributed by atoms with van der Waals surface area (Å²) in [5.74, 6) is -3.19. The Morgan fingerprint density at radius 2 is 1.74 bits per heavy atom. The second-order valence-electron chi connectivity index (χ2n) is 8.86. The highest BCUT2D eigenvalue weighted by Crippen LogP contribution is 2.43. The van der Waals surface area contributed by atoms with Crippen LogP contribution < -0.4 is 9.64 Å². The van der Waals surface area contributed by atoms with Gasteiger partial charge in [-0.3, -0.25) is 14.5 Å².